The van der Waals surface area contributed by atoms with Crippen LogP contribution in [0.5, 0.6) is 0 Å². The normalized spacial score (nSPS) is 23.0. The SMILES string of the molecule is CCc1nn(C)c(CC2(CNC(C)(C)C)CCOC2)c1Br. The van der Waals surface area contributed by atoms with E-state index in [4.69, 9.17) is 4.74 Å². The number of halogens is 1. The molecule has 1 aromatic rings. The van der Waals surface area contributed by atoms with Crippen molar-refractivity contribution in [2.75, 3.05) is 19.8 Å². The van der Waals surface area contributed by atoms with E-state index >= 15 is 0 Å². The Bertz CT molecular complexity index is 484. The van der Waals surface area contributed by atoms with Gasteiger partial charge in [0.2, 0.25) is 0 Å². The molecule has 2 rings (SSSR count). The van der Waals surface area contributed by atoms with Crippen molar-refractivity contribution in [1.29, 1.82) is 0 Å². The Labute approximate surface area is 136 Å². The third kappa shape index (κ3) is 4.08. The second-order valence-corrected chi connectivity index (χ2v) is 8.06. The van der Waals surface area contributed by atoms with E-state index in [9.17, 15) is 0 Å². The number of hydrogen-bond acceptors (Lipinski definition) is 3. The minimum Gasteiger partial charge on any atom is -0.381 e. The van der Waals surface area contributed by atoms with Crippen LogP contribution in [0.1, 0.15) is 45.5 Å². The van der Waals surface area contributed by atoms with Crippen LogP contribution in [-0.4, -0.2) is 35.1 Å². The van der Waals surface area contributed by atoms with Gasteiger partial charge in [-0.3, -0.25) is 4.68 Å². The van der Waals surface area contributed by atoms with Gasteiger partial charge < -0.3 is 10.1 Å². The molecule has 1 aliphatic heterocycles. The van der Waals surface area contributed by atoms with E-state index in [0.717, 1.165) is 44.7 Å². The number of nitrogens with zero attached hydrogens (tertiary/aromatic N) is 2. The van der Waals surface area contributed by atoms with Crippen molar-refractivity contribution in [2.45, 2.75) is 52.5 Å². The molecule has 1 atom stereocenters. The fourth-order valence-corrected chi connectivity index (χ4v) is 3.57. The molecule has 1 N–H and O–H groups in total. The quantitative estimate of drug-likeness (QED) is 0.879. The van der Waals surface area contributed by atoms with Crippen molar-refractivity contribution in [1.82, 2.24) is 15.1 Å². The molecule has 0 aliphatic carbocycles. The Morgan fingerprint density at radius 2 is 2.14 bits per heavy atom. The zero-order valence-electron chi connectivity index (χ0n) is 13.9. The lowest BCUT2D eigenvalue weighted by molar-refractivity contribution is 0.142. The Balaban J connectivity index is 2.18. The summed E-state index contributed by atoms with van der Waals surface area (Å²) in [6.45, 7) is 11.5. The van der Waals surface area contributed by atoms with Crippen LogP contribution in [0, 0.1) is 5.41 Å². The third-order valence-electron chi connectivity index (χ3n) is 4.22. The first-order valence-corrected chi connectivity index (χ1v) is 8.59. The first-order valence-electron chi connectivity index (χ1n) is 7.79. The van der Waals surface area contributed by atoms with E-state index < -0.39 is 0 Å². The molecule has 0 amide bonds. The first kappa shape index (κ1) is 17.0. The Hall–Kier alpha value is -0.390. The number of hydrogen-bond donors (Lipinski definition) is 1. The van der Waals surface area contributed by atoms with Gasteiger partial charge in [-0.05, 0) is 56.0 Å². The molecule has 0 saturated carbocycles. The molecule has 2 heterocycles. The standard InChI is InChI=1S/C16H28BrN3O/c1-6-12-14(17)13(20(5)19-12)9-16(7-8-21-11-16)10-18-15(2,3)4/h18H,6-11H2,1-5H3. The predicted octanol–water partition coefficient (Wildman–Crippen LogP) is 3.08. The highest BCUT2D eigenvalue weighted by Gasteiger charge is 2.37. The molecule has 0 bridgehead atoms. The van der Waals surface area contributed by atoms with Crippen LogP contribution in [0.3, 0.4) is 0 Å². The van der Waals surface area contributed by atoms with Gasteiger partial charge in [-0.25, -0.2) is 0 Å². The molecule has 1 fully saturated rings. The highest BCUT2D eigenvalue weighted by molar-refractivity contribution is 9.10. The molecule has 0 spiro atoms. The first-order chi connectivity index (χ1) is 9.76. The summed E-state index contributed by atoms with van der Waals surface area (Å²) in [5.74, 6) is 0. The van der Waals surface area contributed by atoms with Gasteiger partial charge in [-0.1, -0.05) is 6.92 Å². The van der Waals surface area contributed by atoms with Gasteiger partial charge in [0, 0.05) is 31.2 Å². The van der Waals surface area contributed by atoms with Crippen molar-refractivity contribution in [3.05, 3.63) is 15.9 Å². The monoisotopic (exact) mass is 357 g/mol. The fourth-order valence-electron chi connectivity index (χ4n) is 2.81. The average molecular weight is 358 g/mol. The molecular formula is C16H28BrN3O. The molecule has 0 aromatic carbocycles. The van der Waals surface area contributed by atoms with Gasteiger partial charge >= 0.3 is 0 Å². The fraction of sp³-hybridized carbons (Fsp3) is 0.812. The topological polar surface area (TPSA) is 39.1 Å². The van der Waals surface area contributed by atoms with Crippen LogP contribution in [0.2, 0.25) is 0 Å². The zero-order valence-corrected chi connectivity index (χ0v) is 15.5. The molecule has 120 valence electrons. The second-order valence-electron chi connectivity index (χ2n) is 7.27. The van der Waals surface area contributed by atoms with Crippen LogP contribution >= 0.6 is 15.9 Å². The summed E-state index contributed by atoms with van der Waals surface area (Å²) in [6.07, 6.45) is 3.06. The highest BCUT2D eigenvalue weighted by Crippen LogP contribution is 2.35. The summed E-state index contributed by atoms with van der Waals surface area (Å²) in [5, 5.41) is 8.28. The van der Waals surface area contributed by atoms with Crippen LogP contribution in [0.15, 0.2) is 4.47 Å². The van der Waals surface area contributed by atoms with Gasteiger partial charge in [-0.15, -0.1) is 0 Å². The summed E-state index contributed by atoms with van der Waals surface area (Å²) >= 11 is 3.74. The Morgan fingerprint density at radius 3 is 2.62 bits per heavy atom. The second kappa shape index (κ2) is 6.39. The lowest BCUT2D eigenvalue weighted by atomic mass is 9.81. The molecule has 5 heteroatoms. The van der Waals surface area contributed by atoms with E-state index in [1.165, 1.54) is 10.2 Å². The van der Waals surface area contributed by atoms with Crippen molar-refractivity contribution < 1.29 is 4.74 Å². The number of nitrogens with one attached hydrogen (secondary N) is 1. The number of aromatic nitrogens is 2. The largest absolute Gasteiger partial charge is 0.381 e. The van der Waals surface area contributed by atoms with Crippen LogP contribution in [0.25, 0.3) is 0 Å². The van der Waals surface area contributed by atoms with Gasteiger partial charge in [0.1, 0.15) is 0 Å². The Kier molecular flexibility index (Phi) is 5.16. The zero-order chi connectivity index (χ0) is 15.7. The molecule has 0 radical (unpaired) electrons. The van der Waals surface area contributed by atoms with Crippen LogP contribution in [0.4, 0.5) is 0 Å². The smallest absolute Gasteiger partial charge is 0.0766 e. The van der Waals surface area contributed by atoms with E-state index in [1.807, 2.05) is 11.7 Å². The van der Waals surface area contributed by atoms with Gasteiger partial charge in [0.25, 0.3) is 0 Å². The molecule has 1 saturated heterocycles. The predicted molar refractivity (Wildman–Crippen MR) is 89.6 cm³/mol. The maximum absolute atomic E-state index is 5.73. The van der Waals surface area contributed by atoms with Crippen LogP contribution in [-0.2, 0) is 24.6 Å². The van der Waals surface area contributed by atoms with Crippen LogP contribution < -0.4 is 5.32 Å². The summed E-state index contributed by atoms with van der Waals surface area (Å²) in [5.41, 5.74) is 2.74. The van der Waals surface area contributed by atoms with Crippen molar-refractivity contribution in [2.24, 2.45) is 12.5 Å². The third-order valence-corrected chi connectivity index (χ3v) is 5.14. The van der Waals surface area contributed by atoms with Crippen molar-refractivity contribution in [3.63, 3.8) is 0 Å². The lowest BCUT2D eigenvalue weighted by Gasteiger charge is -2.32. The van der Waals surface area contributed by atoms with Crippen molar-refractivity contribution >= 4 is 15.9 Å². The summed E-state index contributed by atoms with van der Waals surface area (Å²) in [7, 11) is 2.04. The number of ether oxygens (including phenoxy) is 1. The molecule has 21 heavy (non-hydrogen) atoms. The van der Waals surface area contributed by atoms with E-state index in [0.29, 0.717) is 0 Å². The molecule has 1 unspecified atom stereocenters. The number of rotatable bonds is 5. The number of aryl methyl sites for hydroxylation is 2. The van der Waals surface area contributed by atoms with E-state index in [-0.39, 0.29) is 11.0 Å². The van der Waals surface area contributed by atoms with Gasteiger partial charge in [-0.2, -0.15) is 5.10 Å². The summed E-state index contributed by atoms with van der Waals surface area (Å²) in [6, 6.07) is 0. The average Bonchev–Trinajstić information content (AvgIpc) is 2.96. The highest BCUT2D eigenvalue weighted by atomic mass is 79.9. The summed E-state index contributed by atoms with van der Waals surface area (Å²) < 4.78 is 8.93. The maximum atomic E-state index is 5.73. The maximum Gasteiger partial charge on any atom is 0.0766 e. The Morgan fingerprint density at radius 1 is 1.43 bits per heavy atom. The summed E-state index contributed by atoms with van der Waals surface area (Å²) in [4.78, 5) is 0. The minimum absolute atomic E-state index is 0.133. The molecule has 1 aliphatic rings. The van der Waals surface area contributed by atoms with Crippen molar-refractivity contribution in [3.8, 4) is 0 Å². The molecule has 1 aromatic heterocycles. The van der Waals surface area contributed by atoms with E-state index in [2.05, 4.69) is 54.0 Å². The van der Waals surface area contributed by atoms with Gasteiger partial charge in [0.15, 0.2) is 0 Å². The lowest BCUT2D eigenvalue weighted by Crippen LogP contribution is -2.45. The molecular weight excluding hydrogens is 330 g/mol. The minimum atomic E-state index is 0.133. The molecule has 4 nitrogen and oxygen atoms in total. The van der Waals surface area contributed by atoms with E-state index in [1.54, 1.807) is 0 Å². The van der Waals surface area contributed by atoms with Gasteiger partial charge in [0.05, 0.1) is 22.5 Å².